The van der Waals surface area contributed by atoms with Crippen LogP contribution in [0.25, 0.3) is 11.3 Å². The second kappa shape index (κ2) is 8.51. The van der Waals surface area contributed by atoms with Crippen molar-refractivity contribution in [3.8, 4) is 11.3 Å². The molecule has 7 heteroatoms. The van der Waals surface area contributed by atoms with Crippen LogP contribution in [-0.2, 0) is 4.79 Å². The largest absolute Gasteiger partial charge is 0.356 e. The van der Waals surface area contributed by atoms with Gasteiger partial charge in [0, 0.05) is 39.3 Å². The van der Waals surface area contributed by atoms with Gasteiger partial charge in [-0.05, 0) is 44.9 Å². The first-order chi connectivity index (χ1) is 14.0. The number of hydrogen-bond donors (Lipinski definition) is 0. The number of piperidine rings is 1. The van der Waals surface area contributed by atoms with Crippen molar-refractivity contribution in [1.82, 2.24) is 20.0 Å². The van der Waals surface area contributed by atoms with E-state index < -0.39 is 0 Å². The minimum Gasteiger partial charge on any atom is -0.356 e. The van der Waals surface area contributed by atoms with Crippen LogP contribution in [-0.4, -0.2) is 46.6 Å². The van der Waals surface area contributed by atoms with Gasteiger partial charge in [0.15, 0.2) is 5.76 Å². The van der Waals surface area contributed by atoms with Crippen LogP contribution in [0.1, 0.15) is 68.8 Å². The van der Waals surface area contributed by atoms with Crippen LogP contribution < -0.4 is 4.90 Å². The van der Waals surface area contributed by atoms with Gasteiger partial charge in [-0.25, -0.2) is 9.97 Å². The van der Waals surface area contributed by atoms with Crippen molar-refractivity contribution in [2.75, 3.05) is 25.5 Å². The Morgan fingerprint density at radius 1 is 1.21 bits per heavy atom. The predicted octanol–water partition coefficient (Wildman–Crippen LogP) is 4.14. The zero-order valence-electron chi connectivity index (χ0n) is 17.7. The molecule has 0 radical (unpaired) electrons. The van der Waals surface area contributed by atoms with Crippen LogP contribution in [0.3, 0.4) is 0 Å². The molecule has 2 aromatic rings. The number of anilines is 1. The zero-order valence-corrected chi connectivity index (χ0v) is 17.7. The Balaban J connectivity index is 1.69. The molecule has 1 aliphatic carbocycles. The fourth-order valence-electron chi connectivity index (χ4n) is 4.63. The van der Waals surface area contributed by atoms with Crippen molar-refractivity contribution in [2.45, 2.75) is 64.3 Å². The quantitative estimate of drug-likeness (QED) is 0.755. The highest BCUT2D eigenvalue weighted by atomic mass is 16.5. The molecule has 2 aliphatic rings. The molecule has 1 unspecified atom stereocenters. The fraction of sp³-hybridized carbons (Fsp3) is 0.636. The van der Waals surface area contributed by atoms with Crippen LogP contribution >= 0.6 is 0 Å². The Labute approximate surface area is 172 Å². The predicted molar refractivity (Wildman–Crippen MR) is 111 cm³/mol. The van der Waals surface area contributed by atoms with Gasteiger partial charge in [0.1, 0.15) is 0 Å². The van der Waals surface area contributed by atoms with Crippen LogP contribution in [0, 0.1) is 12.8 Å². The molecule has 1 aliphatic heterocycles. The molecule has 1 saturated carbocycles. The van der Waals surface area contributed by atoms with Gasteiger partial charge in [-0.15, -0.1) is 0 Å². The van der Waals surface area contributed by atoms with Crippen LogP contribution in [0.4, 0.5) is 5.95 Å². The lowest BCUT2D eigenvalue weighted by Gasteiger charge is -2.37. The third-order valence-electron chi connectivity index (χ3n) is 6.18. The number of nitrogens with zero attached hydrogens (tertiary/aromatic N) is 5. The summed E-state index contributed by atoms with van der Waals surface area (Å²) in [5.41, 5.74) is 2.53. The maximum Gasteiger partial charge on any atom is 0.225 e. The van der Waals surface area contributed by atoms with Gasteiger partial charge >= 0.3 is 0 Å². The zero-order chi connectivity index (χ0) is 20.4. The molecule has 0 aromatic carbocycles. The second-order valence-corrected chi connectivity index (χ2v) is 8.65. The number of amides is 1. The minimum atomic E-state index is -0.0419. The number of aryl methyl sites for hydroxylation is 1. The van der Waals surface area contributed by atoms with Crippen LogP contribution in [0.15, 0.2) is 16.8 Å². The summed E-state index contributed by atoms with van der Waals surface area (Å²) in [6.07, 6.45) is 10.4. The van der Waals surface area contributed by atoms with Crippen molar-refractivity contribution in [1.29, 1.82) is 0 Å². The van der Waals surface area contributed by atoms with E-state index in [1.54, 1.807) is 0 Å². The van der Waals surface area contributed by atoms with Gasteiger partial charge in [0.05, 0.1) is 23.0 Å². The summed E-state index contributed by atoms with van der Waals surface area (Å²) in [6.45, 7) is 2.70. The molecule has 1 saturated heterocycles. The average Bonchev–Trinajstić information content (AvgIpc) is 3.39. The van der Waals surface area contributed by atoms with Crippen LogP contribution in [0.2, 0.25) is 0 Å². The van der Waals surface area contributed by atoms with Crippen molar-refractivity contribution in [3.63, 3.8) is 0 Å². The Hall–Kier alpha value is -2.44. The second-order valence-electron chi connectivity index (χ2n) is 8.65. The molecule has 4 rings (SSSR count). The van der Waals surface area contributed by atoms with Gasteiger partial charge in [-0.1, -0.05) is 18.0 Å². The normalized spacial score (nSPS) is 20.2. The molecule has 29 heavy (non-hydrogen) atoms. The minimum absolute atomic E-state index is 0.0419. The summed E-state index contributed by atoms with van der Waals surface area (Å²) in [7, 11) is 3.86. The fourth-order valence-corrected chi connectivity index (χ4v) is 4.63. The standard InChI is InChI=1S/C22H31N5O2/c1-15-12-19(29-25-15)17-14-23-22(26(2)3)24-21(17)18-10-6-7-11-27(18)20(28)13-16-8-4-5-9-16/h12,14,16,18H,4-11,13H2,1-3H3. The molecule has 156 valence electrons. The van der Waals surface area contributed by atoms with E-state index in [4.69, 9.17) is 9.51 Å². The van der Waals surface area contributed by atoms with Crippen molar-refractivity contribution < 1.29 is 9.32 Å². The van der Waals surface area contributed by atoms with Crippen LogP contribution in [0.5, 0.6) is 0 Å². The number of carbonyl (C=O) groups excluding carboxylic acids is 1. The average molecular weight is 398 g/mol. The molecular weight excluding hydrogens is 366 g/mol. The molecule has 0 bridgehead atoms. The first-order valence-electron chi connectivity index (χ1n) is 10.8. The number of carbonyl (C=O) groups is 1. The number of aromatic nitrogens is 3. The maximum absolute atomic E-state index is 13.2. The summed E-state index contributed by atoms with van der Waals surface area (Å²) in [4.78, 5) is 26.6. The Kier molecular flexibility index (Phi) is 5.83. The van der Waals surface area contributed by atoms with E-state index in [1.165, 1.54) is 25.7 Å². The summed E-state index contributed by atoms with van der Waals surface area (Å²) in [5, 5.41) is 4.04. The first kappa shape index (κ1) is 19.9. The van der Waals surface area contributed by atoms with Gasteiger partial charge in [-0.2, -0.15) is 0 Å². The third kappa shape index (κ3) is 4.28. The number of hydrogen-bond acceptors (Lipinski definition) is 6. The SMILES string of the molecule is Cc1cc(-c2cnc(N(C)C)nc2C2CCCCN2C(=O)CC2CCCC2)on1. The summed E-state index contributed by atoms with van der Waals surface area (Å²) in [6, 6.07) is 1.87. The van der Waals surface area contributed by atoms with E-state index in [2.05, 4.69) is 15.0 Å². The smallest absolute Gasteiger partial charge is 0.225 e. The van der Waals surface area contributed by atoms with E-state index >= 15 is 0 Å². The topological polar surface area (TPSA) is 75.4 Å². The van der Waals surface area contributed by atoms with Crippen molar-refractivity contribution >= 4 is 11.9 Å². The third-order valence-corrected chi connectivity index (χ3v) is 6.18. The lowest BCUT2D eigenvalue weighted by Crippen LogP contribution is -2.40. The molecule has 1 atom stereocenters. The lowest BCUT2D eigenvalue weighted by atomic mass is 9.94. The highest BCUT2D eigenvalue weighted by molar-refractivity contribution is 5.77. The molecule has 0 spiro atoms. The summed E-state index contributed by atoms with van der Waals surface area (Å²) in [5.74, 6) is 2.13. The van der Waals surface area contributed by atoms with Gasteiger partial charge in [0.2, 0.25) is 11.9 Å². The number of likely N-dealkylation sites (tertiary alicyclic amines) is 1. The van der Waals surface area contributed by atoms with E-state index in [0.717, 1.165) is 42.8 Å². The molecule has 3 heterocycles. The molecule has 2 aromatic heterocycles. The van der Waals surface area contributed by atoms with Gasteiger partial charge in [0.25, 0.3) is 0 Å². The van der Waals surface area contributed by atoms with E-state index in [-0.39, 0.29) is 11.9 Å². The van der Waals surface area contributed by atoms with E-state index in [0.29, 0.717) is 24.0 Å². The summed E-state index contributed by atoms with van der Waals surface area (Å²) < 4.78 is 5.54. The molecule has 2 fully saturated rings. The maximum atomic E-state index is 13.2. The lowest BCUT2D eigenvalue weighted by molar-refractivity contribution is -0.136. The molecule has 7 nitrogen and oxygen atoms in total. The Morgan fingerprint density at radius 2 is 1.97 bits per heavy atom. The molecular formula is C22H31N5O2. The molecule has 1 amide bonds. The van der Waals surface area contributed by atoms with Crippen molar-refractivity contribution in [3.05, 3.63) is 23.7 Å². The Morgan fingerprint density at radius 3 is 2.66 bits per heavy atom. The highest BCUT2D eigenvalue weighted by Gasteiger charge is 2.33. The number of rotatable bonds is 5. The summed E-state index contributed by atoms with van der Waals surface area (Å²) >= 11 is 0. The van der Waals surface area contributed by atoms with E-state index in [9.17, 15) is 4.79 Å². The van der Waals surface area contributed by atoms with Gasteiger partial charge in [-0.3, -0.25) is 4.79 Å². The van der Waals surface area contributed by atoms with Crippen molar-refractivity contribution in [2.24, 2.45) is 5.92 Å². The highest BCUT2D eigenvalue weighted by Crippen LogP contribution is 2.38. The molecule has 0 N–H and O–H groups in total. The Bertz CT molecular complexity index is 857. The first-order valence-corrected chi connectivity index (χ1v) is 10.8. The van der Waals surface area contributed by atoms with Gasteiger partial charge < -0.3 is 14.3 Å². The monoisotopic (exact) mass is 397 g/mol. The van der Waals surface area contributed by atoms with E-state index in [1.807, 2.05) is 38.2 Å².